The number of sulfone groups is 1. The van der Waals surface area contributed by atoms with Crippen LogP contribution in [0.2, 0.25) is 0 Å². The lowest BCUT2D eigenvalue weighted by molar-refractivity contribution is -0.143. The van der Waals surface area contributed by atoms with Crippen LogP contribution >= 0.6 is 0 Å². The number of hydrogen-bond donors (Lipinski definition) is 2. The lowest BCUT2D eigenvalue weighted by Gasteiger charge is -2.38. The van der Waals surface area contributed by atoms with Gasteiger partial charge < -0.3 is 20.9 Å². The summed E-state index contributed by atoms with van der Waals surface area (Å²) in [7, 11) is -2.07. The highest BCUT2D eigenvalue weighted by Crippen LogP contribution is 2.40. The Kier molecular flexibility index (Phi) is 7.14. The van der Waals surface area contributed by atoms with Crippen LogP contribution in [0.4, 0.5) is 5.82 Å². The van der Waals surface area contributed by atoms with Gasteiger partial charge in [0.25, 0.3) is 5.91 Å². The Morgan fingerprint density at radius 3 is 2.63 bits per heavy atom. The molecule has 12 heteroatoms. The summed E-state index contributed by atoms with van der Waals surface area (Å²) < 4.78 is 24.9. The molecule has 11 nitrogen and oxygen atoms in total. The van der Waals surface area contributed by atoms with Gasteiger partial charge in [0.05, 0.1) is 11.7 Å². The van der Waals surface area contributed by atoms with Gasteiger partial charge in [0.1, 0.15) is 16.1 Å². The average molecular weight is 582 g/mol. The van der Waals surface area contributed by atoms with Crippen LogP contribution in [0.1, 0.15) is 62.0 Å². The van der Waals surface area contributed by atoms with Crippen LogP contribution in [0.3, 0.4) is 0 Å². The van der Waals surface area contributed by atoms with E-state index in [1.165, 1.54) is 13.8 Å². The van der Waals surface area contributed by atoms with Gasteiger partial charge in [0.15, 0.2) is 15.5 Å². The van der Waals surface area contributed by atoms with E-state index < -0.39 is 32.1 Å². The number of nitrogens with one attached hydrogen (secondary N) is 1. The van der Waals surface area contributed by atoms with Crippen LogP contribution in [-0.2, 0) is 31.4 Å². The maximum absolute atomic E-state index is 14.4. The van der Waals surface area contributed by atoms with Crippen molar-refractivity contribution >= 4 is 33.1 Å². The first-order valence-electron chi connectivity index (χ1n) is 13.9. The average Bonchev–Trinajstić information content (AvgIpc) is 3.63. The van der Waals surface area contributed by atoms with Crippen molar-refractivity contribution in [2.45, 2.75) is 69.3 Å². The van der Waals surface area contributed by atoms with E-state index in [2.05, 4.69) is 10.2 Å². The zero-order valence-electron chi connectivity index (χ0n) is 24.5. The predicted molar refractivity (Wildman–Crippen MR) is 157 cm³/mol. The monoisotopic (exact) mass is 581 g/mol. The topological polar surface area (TPSA) is 143 Å². The van der Waals surface area contributed by atoms with Crippen LogP contribution < -0.4 is 16.0 Å². The van der Waals surface area contributed by atoms with Crippen LogP contribution in [0.25, 0.3) is 5.65 Å². The third kappa shape index (κ3) is 4.86. The third-order valence-electron chi connectivity index (χ3n) is 8.89. The van der Waals surface area contributed by atoms with Gasteiger partial charge in [-0.1, -0.05) is 24.3 Å². The van der Waals surface area contributed by atoms with Crippen molar-refractivity contribution in [3.8, 4) is 0 Å². The molecule has 3 heterocycles. The SMILES string of the molecule is Cc1cn2nc([C@H](C)N(C)C(=O)C3(NC(=O)C(C)(C)S(C)(=O)=O)CCc4ccccc43)cc2nc1N1CC[C@H](N)C1. The second-order valence-electron chi connectivity index (χ2n) is 12.0. The summed E-state index contributed by atoms with van der Waals surface area (Å²) in [6, 6.07) is 9.02. The summed E-state index contributed by atoms with van der Waals surface area (Å²) in [4.78, 5) is 36.5. The quantitative estimate of drug-likeness (QED) is 0.431. The number of likely N-dealkylation sites (N-methyl/N-ethyl adjacent to an activating group) is 1. The highest BCUT2D eigenvalue weighted by Gasteiger charge is 2.51. The molecule has 0 saturated carbocycles. The summed E-state index contributed by atoms with van der Waals surface area (Å²) >= 11 is 0. The Bertz CT molecular complexity index is 1630. The van der Waals surface area contributed by atoms with Crippen molar-refractivity contribution in [1.29, 1.82) is 0 Å². The van der Waals surface area contributed by atoms with E-state index in [9.17, 15) is 18.0 Å². The Morgan fingerprint density at radius 2 is 1.98 bits per heavy atom. The second kappa shape index (κ2) is 10.1. The van der Waals surface area contributed by atoms with Crippen LogP contribution in [-0.4, -0.2) is 76.9 Å². The molecule has 3 aromatic rings. The summed E-state index contributed by atoms with van der Waals surface area (Å²) in [5.41, 5.74) is 8.63. The normalized spacial score (nSPS) is 21.6. The Labute approximate surface area is 241 Å². The zero-order valence-corrected chi connectivity index (χ0v) is 25.3. The fraction of sp³-hybridized carbons (Fsp3) is 0.517. The highest BCUT2D eigenvalue weighted by atomic mass is 32.2. The van der Waals surface area contributed by atoms with E-state index in [4.69, 9.17) is 15.8 Å². The molecule has 0 radical (unpaired) electrons. The lowest BCUT2D eigenvalue weighted by Crippen LogP contribution is -2.60. The van der Waals surface area contributed by atoms with Gasteiger partial charge in [-0.25, -0.2) is 17.9 Å². The predicted octanol–water partition coefficient (Wildman–Crippen LogP) is 1.88. The number of benzene rings is 1. The number of aromatic nitrogens is 3. The van der Waals surface area contributed by atoms with Crippen LogP contribution in [0, 0.1) is 6.92 Å². The minimum atomic E-state index is -3.75. The molecule has 0 spiro atoms. The summed E-state index contributed by atoms with van der Waals surface area (Å²) in [5, 5.41) is 7.63. The molecule has 2 aliphatic rings. The van der Waals surface area contributed by atoms with Gasteiger partial charge >= 0.3 is 0 Å². The minimum Gasteiger partial charge on any atom is -0.355 e. The largest absolute Gasteiger partial charge is 0.355 e. The van der Waals surface area contributed by atoms with Crippen molar-refractivity contribution in [3.05, 3.63) is 58.9 Å². The first-order chi connectivity index (χ1) is 19.2. The Hall–Kier alpha value is -3.51. The summed E-state index contributed by atoms with van der Waals surface area (Å²) in [5.74, 6) is -0.167. The van der Waals surface area contributed by atoms with Gasteiger partial charge in [-0.2, -0.15) is 5.10 Å². The number of nitrogens with two attached hydrogens (primary N) is 1. The van der Waals surface area contributed by atoms with Crippen molar-refractivity contribution in [3.63, 3.8) is 0 Å². The summed E-state index contributed by atoms with van der Waals surface area (Å²) in [6.45, 7) is 8.20. The number of carbonyl (C=O) groups is 2. The van der Waals surface area contributed by atoms with Gasteiger partial charge in [-0.3, -0.25) is 9.59 Å². The fourth-order valence-electron chi connectivity index (χ4n) is 5.73. The smallest absolute Gasteiger partial charge is 0.253 e. The Morgan fingerprint density at radius 1 is 1.27 bits per heavy atom. The molecule has 3 N–H and O–H groups in total. The van der Waals surface area contributed by atoms with E-state index >= 15 is 0 Å². The van der Waals surface area contributed by atoms with Crippen molar-refractivity contribution < 1.29 is 18.0 Å². The maximum Gasteiger partial charge on any atom is 0.253 e. The molecule has 1 fully saturated rings. The van der Waals surface area contributed by atoms with Crippen molar-refractivity contribution in [2.75, 3.05) is 31.3 Å². The lowest BCUT2D eigenvalue weighted by atomic mass is 9.88. The number of amides is 2. The number of hydrogen-bond acceptors (Lipinski definition) is 8. The Balaban J connectivity index is 1.48. The molecule has 2 amide bonds. The molecule has 1 aromatic carbocycles. The van der Waals surface area contributed by atoms with Gasteiger partial charge in [-0.15, -0.1) is 0 Å². The first kappa shape index (κ1) is 29.0. The third-order valence-corrected chi connectivity index (χ3v) is 10.9. The minimum absolute atomic E-state index is 0.129. The standard InChI is InChI=1S/C29H39N7O4S/c1-18-16-36-24(31-25(18)35-14-12-21(30)17-35)15-23(33-36)19(2)34(5)27(38)29(13-11-20-9-7-8-10-22(20)29)32-26(37)28(3,4)41(6,39)40/h7-10,15-16,19,21H,11-14,17,30H2,1-6H3,(H,32,37)/t19-,21-,29?/m0/s1. The second-order valence-corrected chi connectivity index (χ2v) is 14.6. The molecule has 1 aliphatic carbocycles. The van der Waals surface area contributed by atoms with E-state index in [-0.39, 0.29) is 11.9 Å². The number of fused-ring (bicyclic) bond motifs is 2. The van der Waals surface area contributed by atoms with E-state index in [0.717, 1.165) is 42.7 Å². The number of rotatable bonds is 7. The molecule has 41 heavy (non-hydrogen) atoms. The van der Waals surface area contributed by atoms with Gasteiger partial charge in [-0.05, 0) is 58.1 Å². The molecule has 1 unspecified atom stereocenters. The van der Waals surface area contributed by atoms with E-state index in [1.807, 2.05) is 50.4 Å². The zero-order chi connectivity index (χ0) is 29.9. The summed E-state index contributed by atoms with van der Waals surface area (Å²) in [6.07, 6.45) is 4.77. The molecular formula is C29H39N7O4S. The molecule has 1 saturated heterocycles. The number of aryl methyl sites for hydroxylation is 2. The number of carbonyl (C=O) groups excluding carboxylic acids is 2. The molecular weight excluding hydrogens is 542 g/mol. The molecule has 220 valence electrons. The first-order valence-corrected chi connectivity index (χ1v) is 15.8. The van der Waals surface area contributed by atoms with Gasteiger partial charge in [0.2, 0.25) is 5.91 Å². The molecule has 2 aromatic heterocycles. The molecule has 0 bridgehead atoms. The van der Waals surface area contributed by atoms with Crippen molar-refractivity contribution in [1.82, 2.24) is 24.8 Å². The highest BCUT2D eigenvalue weighted by molar-refractivity contribution is 7.92. The number of nitrogens with zero attached hydrogens (tertiary/aromatic N) is 5. The van der Waals surface area contributed by atoms with Gasteiger partial charge in [0, 0.05) is 50.3 Å². The van der Waals surface area contributed by atoms with E-state index in [0.29, 0.717) is 29.7 Å². The van der Waals surface area contributed by atoms with E-state index in [1.54, 1.807) is 16.5 Å². The number of anilines is 1. The van der Waals surface area contributed by atoms with Crippen molar-refractivity contribution in [2.24, 2.45) is 5.73 Å². The molecule has 5 rings (SSSR count). The van der Waals surface area contributed by atoms with Crippen LogP contribution in [0.5, 0.6) is 0 Å². The van der Waals surface area contributed by atoms with Crippen LogP contribution in [0.15, 0.2) is 36.5 Å². The molecule has 3 atom stereocenters. The fourth-order valence-corrected chi connectivity index (χ4v) is 6.12. The maximum atomic E-state index is 14.4. The molecule has 1 aliphatic heterocycles.